The van der Waals surface area contributed by atoms with E-state index in [9.17, 15) is 9.59 Å². The first-order chi connectivity index (χ1) is 7.27. The number of para-hydroxylation sites is 1. The van der Waals surface area contributed by atoms with Gasteiger partial charge in [0.1, 0.15) is 5.75 Å². The molecule has 1 N–H and O–H groups in total. The van der Waals surface area contributed by atoms with Crippen LogP contribution in [-0.2, 0) is 4.79 Å². The van der Waals surface area contributed by atoms with Crippen LogP contribution < -0.4 is 4.74 Å². The molecule has 0 heterocycles. The topological polar surface area (TPSA) is 63.6 Å². The van der Waals surface area contributed by atoms with Crippen molar-refractivity contribution in [3.8, 4) is 5.75 Å². The van der Waals surface area contributed by atoms with Crippen molar-refractivity contribution >= 4 is 12.3 Å². The number of aliphatic hydroxyl groups is 1. The first-order valence-electron chi connectivity index (χ1n) is 4.63. The number of aliphatic hydroxyl groups excluding tert-OH is 1. The largest absolute Gasteiger partial charge is 0.426 e. The molecule has 1 aromatic rings. The van der Waals surface area contributed by atoms with Gasteiger partial charge in [-0.05, 0) is 18.6 Å². The second-order valence-corrected chi connectivity index (χ2v) is 2.96. The zero-order valence-corrected chi connectivity index (χ0v) is 8.18. The van der Waals surface area contributed by atoms with E-state index in [1.807, 2.05) is 0 Å². The van der Waals surface area contributed by atoms with Crippen LogP contribution in [0.25, 0.3) is 0 Å². The molecule has 4 nitrogen and oxygen atoms in total. The van der Waals surface area contributed by atoms with Crippen molar-refractivity contribution < 1.29 is 19.4 Å². The van der Waals surface area contributed by atoms with Crippen LogP contribution in [0.5, 0.6) is 5.75 Å². The molecule has 15 heavy (non-hydrogen) atoms. The van der Waals surface area contributed by atoms with Crippen LogP contribution in [0.3, 0.4) is 0 Å². The smallest absolute Gasteiger partial charge is 0.311 e. The summed E-state index contributed by atoms with van der Waals surface area (Å²) in [6.45, 7) is -0.0512. The van der Waals surface area contributed by atoms with Crippen LogP contribution in [0.1, 0.15) is 23.2 Å². The van der Waals surface area contributed by atoms with Crippen LogP contribution in [0, 0.1) is 0 Å². The molecular weight excluding hydrogens is 196 g/mol. The summed E-state index contributed by atoms with van der Waals surface area (Å²) >= 11 is 0. The van der Waals surface area contributed by atoms with Crippen molar-refractivity contribution in [2.75, 3.05) is 6.61 Å². The molecule has 0 saturated carbocycles. The van der Waals surface area contributed by atoms with Crippen molar-refractivity contribution in [1.29, 1.82) is 0 Å². The third kappa shape index (κ3) is 3.52. The van der Waals surface area contributed by atoms with E-state index in [2.05, 4.69) is 0 Å². The zero-order valence-electron chi connectivity index (χ0n) is 8.18. The molecule has 1 aromatic carbocycles. The number of rotatable bonds is 5. The van der Waals surface area contributed by atoms with Crippen LogP contribution in [0.4, 0.5) is 0 Å². The lowest BCUT2D eigenvalue weighted by Crippen LogP contribution is -2.09. The Balaban J connectivity index is 2.63. The number of benzene rings is 1. The van der Waals surface area contributed by atoms with Crippen LogP contribution >= 0.6 is 0 Å². The predicted octanol–water partition coefficient (Wildman–Crippen LogP) is 1.18. The quantitative estimate of drug-likeness (QED) is 0.448. The summed E-state index contributed by atoms with van der Waals surface area (Å²) in [4.78, 5) is 21.8. The van der Waals surface area contributed by atoms with E-state index in [1.165, 1.54) is 0 Å². The van der Waals surface area contributed by atoms with Gasteiger partial charge >= 0.3 is 5.97 Å². The lowest BCUT2D eigenvalue weighted by atomic mass is 10.2. The van der Waals surface area contributed by atoms with Crippen molar-refractivity contribution in [3.63, 3.8) is 0 Å². The highest BCUT2D eigenvalue weighted by Crippen LogP contribution is 2.16. The van der Waals surface area contributed by atoms with Gasteiger partial charge in [-0.2, -0.15) is 0 Å². The monoisotopic (exact) mass is 208 g/mol. The summed E-state index contributed by atoms with van der Waals surface area (Å²) in [6, 6.07) is 6.50. The Hall–Kier alpha value is -1.68. The fourth-order valence-electron chi connectivity index (χ4n) is 1.07. The SMILES string of the molecule is O=Cc1ccccc1OC(=O)CCCO. The van der Waals surface area contributed by atoms with Gasteiger partial charge in [0.05, 0.1) is 5.56 Å². The van der Waals surface area contributed by atoms with Gasteiger partial charge in [0.2, 0.25) is 0 Å². The molecule has 1 rings (SSSR count). The molecule has 0 radical (unpaired) electrons. The molecule has 0 saturated heterocycles. The highest BCUT2D eigenvalue weighted by molar-refractivity contribution is 5.82. The van der Waals surface area contributed by atoms with Gasteiger partial charge in [0.15, 0.2) is 6.29 Å². The second kappa shape index (κ2) is 5.93. The molecular formula is C11H12O4. The minimum absolute atomic E-state index is 0.0512. The third-order valence-corrected chi connectivity index (χ3v) is 1.81. The normalized spacial score (nSPS) is 9.67. The van der Waals surface area contributed by atoms with Crippen LogP contribution in [0.2, 0.25) is 0 Å². The van der Waals surface area contributed by atoms with Crippen LogP contribution in [-0.4, -0.2) is 24.0 Å². The van der Waals surface area contributed by atoms with E-state index < -0.39 is 5.97 Å². The van der Waals surface area contributed by atoms with Crippen molar-refractivity contribution in [3.05, 3.63) is 29.8 Å². The van der Waals surface area contributed by atoms with E-state index in [0.29, 0.717) is 18.3 Å². The van der Waals surface area contributed by atoms with Gasteiger partial charge in [0, 0.05) is 13.0 Å². The van der Waals surface area contributed by atoms with E-state index in [4.69, 9.17) is 9.84 Å². The molecule has 0 aliphatic carbocycles. The first kappa shape index (κ1) is 11.4. The van der Waals surface area contributed by atoms with E-state index in [0.717, 1.165) is 0 Å². The Bertz CT molecular complexity index is 346. The summed E-state index contributed by atoms with van der Waals surface area (Å²) in [5.74, 6) is -0.186. The fraction of sp³-hybridized carbons (Fsp3) is 0.273. The molecule has 0 atom stereocenters. The maximum atomic E-state index is 11.2. The minimum Gasteiger partial charge on any atom is -0.426 e. The second-order valence-electron chi connectivity index (χ2n) is 2.96. The van der Waals surface area contributed by atoms with Gasteiger partial charge in [-0.1, -0.05) is 12.1 Å². The van der Waals surface area contributed by atoms with Gasteiger partial charge in [-0.15, -0.1) is 0 Å². The molecule has 0 aliphatic heterocycles. The molecule has 0 amide bonds. The Morgan fingerprint density at radius 1 is 1.40 bits per heavy atom. The molecule has 0 fully saturated rings. The molecule has 0 bridgehead atoms. The van der Waals surface area contributed by atoms with E-state index in [-0.39, 0.29) is 18.8 Å². The number of esters is 1. The highest BCUT2D eigenvalue weighted by Gasteiger charge is 2.07. The molecule has 4 heteroatoms. The molecule has 0 spiro atoms. The number of hydrogen-bond donors (Lipinski definition) is 1. The third-order valence-electron chi connectivity index (χ3n) is 1.81. The predicted molar refractivity (Wildman–Crippen MR) is 53.8 cm³/mol. The number of hydrogen-bond acceptors (Lipinski definition) is 4. The van der Waals surface area contributed by atoms with Crippen LogP contribution in [0.15, 0.2) is 24.3 Å². The maximum absolute atomic E-state index is 11.2. The molecule has 0 unspecified atom stereocenters. The number of carbonyl (C=O) groups excluding carboxylic acids is 2. The number of aldehydes is 1. The van der Waals surface area contributed by atoms with Crippen molar-refractivity contribution in [1.82, 2.24) is 0 Å². The average Bonchev–Trinajstić information content (AvgIpc) is 2.27. The molecule has 80 valence electrons. The summed E-state index contributed by atoms with van der Waals surface area (Å²) in [6.07, 6.45) is 1.14. The fourth-order valence-corrected chi connectivity index (χ4v) is 1.07. The summed E-state index contributed by atoms with van der Waals surface area (Å²) in [5, 5.41) is 8.52. The number of ether oxygens (including phenoxy) is 1. The summed E-state index contributed by atoms with van der Waals surface area (Å²) in [7, 11) is 0. The van der Waals surface area contributed by atoms with Gasteiger partial charge < -0.3 is 9.84 Å². The van der Waals surface area contributed by atoms with Crippen molar-refractivity contribution in [2.45, 2.75) is 12.8 Å². The molecule has 0 aromatic heterocycles. The van der Waals surface area contributed by atoms with Crippen molar-refractivity contribution in [2.24, 2.45) is 0 Å². The zero-order chi connectivity index (χ0) is 11.1. The van der Waals surface area contributed by atoms with E-state index in [1.54, 1.807) is 24.3 Å². The van der Waals surface area contributed by atoms with Gasteiger partial charge in [-0.25, -0.2) is 0 Å². The minimum atomic E-state index is -0.446. The Labute approximate surface area is 87.5 Å². The Morgan fingerprint density at radius 2 is 2.13 bits per heavy atom. The molecule has 0 aliphatic rings. The van der Waals surface area contributed by atoms with Gasteiger partial charge in [0.25, 0.3) is 0 Å². The highest BCUT2D eigenvalue weighted by atomic mass is 16.5. The lowest BCUT2D eigenvalue weighted by molar-refractivity contribution is -0.134. The standard InChI is InChI=1S/C11H12O4/c12-7-3-6-11(14)15-10-5-2-1-4-9(10)8-13/h1-2,4-5,8,12H,3,6-7H2. The van der Waals surface area contributed by atoms with E-state index >= 15 is 0 Å². The van der Waals surface area contributed by atoms with Gasteiger partial charge in [-0.3, -0.25) is 9.59 Å². The Kier molecular flexibility index (Phi) is 4.50. The lowest BCUT2D eigenvalue weighted by Gasteiger charge is -2.05. The number of carbonyl (C=O) groups is 2. The Morgan fingerprint density at radius 3 is 2.80 bits per heavy atom. The summed E-state index contributed by atoms with van der Waals surface area (Å²) < 4.78 is 4.96. The maximum Gasteiger partial charge on any atom is 0.311 e. The first-order valence-corrected chi connectivity index (χ1v) is 4.63. The summed E-state index contributed by atoms with van der Waals surface area (Å²) in [5.41, 5.74) is 0.342. The average molecular weight is 208 g/mol.